The van der Waals surface area contributed by atoms with Gasteiger partial charge in [0.1, 0.15) is 29.2 Å². The Hall–Kier alpha value is -2.52. The first-order valence-corrected chi connectivity index (χ1v) is 7.23. The van der Waals surface area contributed by atoms with Crippen LogP contribution in [0.15, 0.2) is 35.2 Å². The molecule has 110 valence electrons. The largest absolute Gasteiger partial charge is 0.497 e. The lowest BCUT2D eigenvalue weighted by Gasteiger charge is -2.04. The molecule has 0 saturated heterocycles. The van der Waals surface area contributed by atoms with Crippen molar-refractivity contribution in [1.29, 1.82) is 0 Å². The van der Waals surface area contributed by atoms with Crippen molar-refractivity contribution >= 4 is 27.0 Å². The third kappa shape index (κ3) is 2.76. The smallest absolute Gasteiger partial charge is 0.143 e. The van der Waals surface area contributed by atoms with E-state index in [1.807, 2.05) is 18.3 Å². The lowest BCUT2D eigenvalue weighted by Crippen LogP contribution is -1.89. The number of fused-ring (bicyclic) bond motifs is 1. The first-order chi connectivity index (χ1) is 10.7. The molecule has 0 aliphatic carbocycles. The third-order valence-electron chi connectivity index (χ3n) is 3.10. The highest BCUT2D eigenvalue weighted by Gasteiger charge is 2.07. The summed E-state index contributed by atoms with van der Waals surface area (Å²) in [5, 5.41) is 0.866. The summed E-state index contributed by atoms with van der Waals surface area (Å²) in [4.78, 5) is 11.5. The van der Waals surface area contributed by atoms with Crippen molar-refractivity contribution < 1.29 is 9.47 Å². The number of nitrogens with one attached hydrogen (secondary N) is 1. The van der Waals surface area contributed by atoms with E-state index in [4.69, 9.17) is 9.47 Å². The summed E-state index contributed by atoms with van der Waals surface area (Å²) < 4.78 is 11.4. The van der Waals surface area contributed by atoms with Crippen LogP contribution in [0.4, 0.5) is 0 Å². The monoisotopic (exact) mass is 357 g/mol. The van der Waals surface area contributed by atoms with Crippen LogP contribution in [0.2, 0.25) is 0 Å². The quantitative estimate of drug-likeness (QED) is 0.715. The minimum atomic E-state index is 0.653. The molecule has 3 rings (SSSR count). The van der Waals surface area contributed by atoms with Gasteiger partial charge in [0.25, 0.3) is 0 Å². The maximum absolute atomic E-state index is 5.24. The zero-order chi connectivity index (χ0) is 15.5. The van der Waals surface area contributed by atoms with Gasteiger partial charge in [-0.2, -0.15) is 0 Å². The predicted molar refractivity (Wildman–Crippen MR) is 87.1 cm³/mol. The van der Waals surface area contributed by atoms with Gasteiger partial charge in [0.15, 0.2) is 0 Å². The molecule has 0 saturated carbocycles. The first-order valence-electron chi connectivity index (χ1n) is 6.44. The highest BCUT2D eigenvalue weighted by Crippen LogP contribution is 2.24. The van der Waals surface area contributed by atoms with Gasteiger partial charge in [-0.15, -0.1) is 0 Å². The predicted octanol–water partition coefficient (Wildman–Crippen LogP) is 3.14. The number of aromatic amines is 1. The highest BCUT2D eigenvalue weighted by molar-refractivity contribution is 9.10. The summed E-state index contributed by atoms with van der Waals surface area (Å²) in [5.74, 6) is 7.54. The Morgan fingerprint density at radius 2 is 1.77 bits per heavy atom. The van der Waals surface area contributed by atoms with Crippen LogP contribution in [0.5, 0.6) is 11.5 Å². The number of ether oxygens (including phenoxy) is 2. The molecule has 0 spiro atoms. The molecular weight excluding hydrogens is 346 g/mol. The van der Waals surface area contributed by atoms with Gasteiger partial charge in [0.05, 0.1) is 19.6 Å². The minimum absolute atomic E-state index is 0.653. The molecular formula is C16H12BrN3O2. The summed E-state index contributed by atoms with van der Waals surface area (Å²) in [6.07, 6.45) is 3.31. The van der Waals surface area contributed by atoms with Gasteiger partial charge < -0.3 is 14.5 Å². The average Bonchev–Trinajstić information content (AvgIpc) is 2.94. The highest BCUT2D eigenvalue weighted by atomic mass is 79.9. The second-order valence-corrected chi connectivity index (χ2v) is 5.29. The van der Waals surface area contributed by atoms with Gasteiger partial charge in [0.2, 0.25) is 0 Å². The maximum Gasteiger partial charge on any atom is 0.143 e. The normalized spacial score (nSPS) is 10.1. The molecule has 3 aromatic rings. The number of nitrogens with zero attached hydrogens (tertiary/aromatic N) is 2. The van der Waals surface area contributed by atoms with Crippen molar-refractivity contribution in [2.75, 3.05) is 14.2 Å². The summed E-state index contributed by atoms with van der Waals surface area (Å²) in [6.45, 7) is 0. The van der Waals surface area contributed by atoms with Crippen LogP contribution in [0.1, 0.15) is 11.3 Å². The maximum atomic E-state index is 5.24. The molecule has 6 heteroatoms. The van der Waals surface area contributed by atoms with E-state index in [-0.39, 0.29) is 0 Å². The lowest BCUT2D eigenvalue weighted by atomic mass is 10.2. The van der Waals surface area contributed by atoms with Gasteiger partial charge in [-0.25, -0.2) is 9.97 Å². The van der Waals surface area contributed by atoms with E-state index >= 15 is 0 Å². The fourth-order valence-electron chi connectivity index (χ4n) is 2.03. The minimum Gasteiger partial charge on any atom is -0.497 e. The van der Waals surface area contributed by atoms with Crippen molar-refractivity contribution in [2.24, 2.45) is 0 Å². The van der Waals surface area contributed by atoms with Crippen LogP contribution in [-0.2, 0) is 0 Å². The second-order valence-electron chi connectivity index (χ2n) is 4.43. The fraction of sp³-hybridized carbons (Fsp3) is 0.125. The summed E-state index contributed by atoms with van der Waals surface area (Å²) in [6, 6.07) is 5.50. The number of H-pyrrole nitrogens is 1. The molecule has 0 aliphatic heterocycles. The van der Waals surface area contributed by atoms with Crippen molar-refractivity contribution in [1.82, 2.24) is 15.0 Å². The van der Waals surface area contributed by atoms with Crippen LogP contribution in [0.25, 0.3) is 11.0 Å². The number of methoxy groups -OCH3 is 2. The van der Waals surface area contributed by atoms with Crippen molar-refractivity contribution in [2.45, 2.75) is 0 Å². The zero-order valence-electron chi connectivity index (χ0n) is 12.0. The van der Waals surface area contributed by atoms with Crippen molar-refractivity contribution in [3.63, 3.8) is 0 Å². The molecule has 1 N–H and O–H groups in total. The van der Waals surface area contributed by atoms with Gasteiger partial charge in [-0.3, -0.25) is 0 Å². The molecule has 1 aromatic carbocycles. The van der Waals surface area contributed by atoms with E-state index in [1.165, 1.54) is 6.33 Å². The Morgan fingerprint density at radius 1 is 1.05 bits per heavy atom. The van der Waals surface area contributed by atoms with Gasteiger partial charge in [-0.1, -0.05) is 5.92 Å². The number of benzene rings is 1. The molecule has 0 amide bonds. The third-order valence-corrected chi connectivity index (χ3v) is 3.72. The Labute approximate surface area is 135 Å². The molecule has 2 heterocycles. The Bertz CT molecular complexity index is 871. The van der Waals surface area contributed by atoms with E-state index in [9.17, 15) is 0 Å². The molecule has 2 aromatic heterocycles. The van der Waals surface area contributed by atoms with Crippen LogP contribution < -0.4 is 9.47 Å². The topological polar surface area (TPSA) is 60.0 Å². The Balaban J connectivity index is 2.06. The number of rotatable bonds is 2. The zero-order valence-corrected chi connectivity index (χ0v) is 13.6. The van der Waals surface area contributed by atoms with E-state index in [0.717, 1.165) is 21.1 Å². The lowest BCUT2D eigenvalue weighted by molar-refractivity contribution is 0.394. The molecule has 0 aliphatic rings. The SMILES string of the molecule is COc1cc(C#Cc2ncnc3[nH]cc(Br)c23)cc(OC)c1. The number of hydrogen-bond donors (Lipinski definition) is 1. The van der Waals surface area contributed by atoms with Crippen LogP contribution in [-0.4, -0.2) is 29.2 Å². The van der Waals surface area contributed by atoms with Crippen LogP contribution in [0.3, 0.4) is 0 Å². The Morgan fingerprint density at radius 3 is 2.45 bits per heavy atom. The van der Waals surface area contributed by atoms with Gasteiger partial charge >= 0.3 is 0 Å². The molecule has 0 fully saturated rings. The number of hydrogen-bond acceptors (Lipinski definition) is 4. The molecule has 22 heavy (non-hydrogen) atoms. The van der Waals surface area contributed by atoms with Gasteiger partial charge in [0, 0.05) is 22.3 Å². The molecule has 0 unspecified atom stereocenters. The first kappa shape index (κ1) is 14.4. The van der Waals surface area contributed by atoms with E-state index < -0.39 is 0 Å². The fourth-order valence-corrected chi connectivity index (χ4v) is 2.52. The molecule has 0 bridgehead atoms. The van der Waals surface area contributed by atoms with E-state index in [1.54, 1.807) is 20.3 Å². The standard InChI is InChI=1S/C16H12BrN3O2/c1-21-11-5-10(6-12(7-11)22-2)3-4-14-15-13(17)8-18-16(15)20-9-19-14/h5-9H,1-2H3,(H,18,19,20). The summed E-state index contributed by atoms with van der Waals surface area (Å²) in [5.41, 5.74) is 2.18. The molecule has 0 radical (unpaired) electrons. The van der Waals surface area contributed by atoms with E-state index in [2.05, 4.69) is 42.7 Å². The van der Waals surface area contributed by atoms with Crippen molar-refractivity contribution in [3.05, 3.63) is 46.5 Å². The molecule has 5 nitrogen and oxygen atoms in total. The average molecular weight is 358 g/mol. The Kier molecular flexibility index (Phi) is 3.98. The van der Waals surface area contributed by atoms with Crippen LogP contribution in [0, 0.1) is 11.8 Å². The van der Waals surface area contributed by atoms with Crippen LogP contribution >= 0.6 is 15.9 Å². The van der Waals surface area contributed by atoms with Gasteiger partial charge in [-0.05, 0) is 34.0 Å². The number of halogens is 1. The van der Waals surface area contributed by atoms with E-state index in [0.29, 0.717) is 17.2 Å². The van der Waals surface area contributed by atoms with Crippen molar-refractivity contribution in [3.8, 4) is 23.3 Å². The second kappa shape index (κ2) is 6.08. The molecule has 0 atom stereocenters. The summed E-state index contributed by atoms with van der Waals surface area (Å²) >= 11 is 3.47. The number of aromatic nitrogens is 3. The summed E-state index contributed by atoms with van der Waals surface area (Å²) in [7, 11) is 3.22.